The highest BCUT2D eigenvalue weighted by atomic mass is 32.2. The van der Waals surface area contributed by atoms with E-state index in [1.807, 2.05) is 23.4 Å². The Morgan fingerprint density at radius 2 is 1.65 bits per heavy atom. The summed E-state index contributed by atoms with van der Waals surface area (Å²) in [5.41, 5.74) is 3.08. The molecule has 282 valence electrons. The fourth-order valence-corrected chi connectivity index (χ4v) is 9.65. The molecule has 0 bridgehead atoms. The lowest BCUT2D eigenvalue weighted by Crippen LogP contribution is -2.73. The number of hydrogen-bond donors (Lipinski definition) is 2. The molecule has 4 heterocycles. The maximum atomic E-state index is 14.0. The van der Waals surface area contributed by atoms with Crippen molar-refractivity contribution in [3.05, 3.63) is 41.2 Å². The normalized spacial score (nSPS) is 22.5. The number of benzene rings is 1. The van der Waals surface area contributed by atoms with E-state index in [-0.39, 0.29) is 16.7 Å². The second kappa shape index (κ2) is 16.9. The third kappa shape index (κ3) is 8.70. The Labute approximate surface area is 304 Å². The largest absolute Gasteiger partial charge is 0.379 e. The highest BCUT2D eigenvalue weighted by Crippen LogP contribution is 2.36. The molecule has 51 heavy (non-hydrogen) atoms. The number of morpholine rings is 1. The van der Waals surface area contributed by atoms with Gasteiger partial charge in [0.1, 0.15) is 11.6 Å². The van der Waals surface area contributed by atoms with Gasteiger partial charge in [-0.2, -0.15) is 5.10 Å². The van der Waals surface area contributed by atoms with E-state index in [4.69, 9.17) is 9.84 Å². The quantitative estimate of drug-likeness (QED) is 0.281. The Morgan fingerprint density at radius 1 is 0.941 bits per heavy atom. The lowest BCUT2D eigenvalue weighted by Gasteiger charge is -2.52. The number of nitrogens with zero attached hydrogens (tertiary/aromatic N) is 5. The standard InChI is InChI=1S/C38H59N7O5S/c1-4-5-20-44-36(46)35(27-31-10-7-6-8-11-31)40-37(47)38(44)16-21-43(22-17-38)28-34-29(2)41-45(30(34)3)32-12-14-33(15-13-32)51(48,49)39-18-9-19-42-23-25-50-26-24-42/h12-15,31,35,39H,4-11,16-28H2,1-3H3,(H,40,47). The summed E-state index contributed by atoms with van der Waals surface area (Å²) in [4.78, 5) is 34.7. The number of carbonyl (C=O) groups is 2. The van der Waals surface area contributed by atoms with Gasteiger partial charge in [0.15, 0.2) is 0 Å². The Balaban J connectivity index is 1.06. The zero-order chi connectivity index (χ0) is 36.0. The van der Waals surface area contributed by atoms with Crippen LogP contribution in [0.25, 0.3) is 5.69 Å². The molecule has 4 fully saturated rings. The summed E-state index contributed by atoms with van der Waals surface area (Å²) in [6.45, 7) is 13.4. The summed E-state index contributed by atoms with van der Waals surface area (Å²) < 4.78 is 36.0. The van der Waals surface area contributed by atoms with Gasteiger partial charge in [-0.3, -0.25) is 19.4 Å². The van der Waals surface area contributed by atoms with E-state index >= 15 is 0 Å². The summed E-state index contributed by atoms with van der Waals surface area (Å²) in [6, 6.07) is 6.50. The van der Waals surface area contributed by atoms with Crippen molar-refractivity contribution in [2.45, 2.75) is 114 Å². The number of piperidine rings is 1. The van der Waals surface area contributed by atoms with Crippen molar-refractivity contribution in [1.82, 2.24) is 34.5 Å². The Morgan fingerprint density at radius 3 is 2.33 bits per heavy atom. The van der Waals surface area contributed by atoms with Crippen molar-refractivity contribution in [2.75, 3.05) is 59.0 Å². The van der Waals surface area contributed by atoms with Crippen LogP contribution < -0.4 is 10.0 Å². The number of ether oxygens (including phenoxy) is 1. The number of unbranched alkanes of at least 4 members (excludes halogenated alkanes) is 1. The van der Waals surface area contributed by atoms with Crippen LogP contribution in [0.4, 0.5) is 0 Å². The number of aryl methyl sites for hydroxylation is 1. The van der Waals surface area contributed by atoms with Gasteiger partial charge in [-0.15, -0.1) is 0 Å². The molecule has 6 rings (SSSR count). The predicted octanol–water partition coefficient (Wildman–Crippen LogP) is 3.92. The molecular weight excluding hydrogens is 667 g/mol. The van der Waals surface area contributed by atoms with Crippen molar-refractivity contribution >= 4 is 21.8 Å². The van der Waals surface area contributed by atoms with Gasteiger partial charge in [-0.25, -0.2) is 17.8 Å². The van der Waals surface area contributed by atoms with Gasteiger partial charge in [-0.1, -0.05) is 45.4 Å². The number of aromatic nitrogens is 2. The molecule has 1 aromatic heterocycles. The molecule has 1 saturated carbocycles. The van der Waals surface area contributed by atoms with E-state index in [1.165, 1.54) is 19.3 Å². The molecular formula is C38H59N7O5S. The summed E-state index contributed by atoms with van der Waals surface area (Å²) >= 11 is 0. The summed E-state index contributed by atoms with van der Waals surface area (Å²) in [6.07, 6.45) is 10.7. The maximum absolute atomic E-state index is 14.0. The second-order valence-corrected chi connectivity index (χ2v) is 16.9. The lowest BCUT2D eigenvalue weighted by atomic mass is 9.79. The van der Waals surface area contributed by atoms with Crippen molar-refractivity contribution in [3.63, 3.8) is 0 Å². The van der Waals surface area contributed by atoms with Gasteiger partial charge in [-0.05, 0) is 82.7 Å². The predicted molar refractivity (Wildman–Crippen MR) is 197 cm³/mol. The molecule has 1 aromatic carbocycles. The summed E-state index contributed by atoms with van der Waals surface area (Å²) in [5, 5.41) is 8.06. The van der Waals surface area contributed by atoms with Gasteiger partial charge in [0.05, 0.1) is 29.5 Å². The molecule has 3 aliphatic heterocycles. The van der Waals surface area contributed by atoms with Gasteiger partial charge >= 0.3 is 0 Å². The fourth-order valence-electron chi connectivity index (χ4n) is 8.57. The first-order chi connectivity index (χ1) is 24.6. The number of amides is 2. The molecule has 1 spiro atoms. The van der Waals surface area contributed by atoms with Crippen LogP contribution in [0.15, 0.2) is 29.2 Å². The molecule has 12 nitrogen and oxygen atoms in total. The molecule has 13 heteroatoms. The van der Waals surface area contributed by atoms with Crippen LogP contribution in [0.2, 0.25) is 0 Å². The topological polar surface area (TPSA) is 129 Å². The zero-order valence-electron chi connectivity index (χ0n) is 31.0. The van der Waals surface area contributed by atoms with Crippen LogP contribution in [0.3, 0.4) is 0 Å². The van der Waals surface area contributed by atoms with E-state index in [9.17, 15) is 18.0 Å². The molecule has 3 saturated heterocycles. The molecule has 1 unspecified atom stereocenters. The summed E-state index contributed by atoms with van der Waals surface area (Å²) in [5.74, 6) is 0.675. The van der Waals surface area contributed by atoms with E-state index in [0.29, 0.717) is 51.5 Å². The Hall–Kier alpha value is -2.84. The van der Waals surface area contributed by atoms with E-state index < -0.39 is 21.6 Å². The van der Waals surface area contributed by atoms with Gasteiger partial charge < -0.3 is 15.0 Å². The molecule has 2 N–H and O–H groups in total. The van der Waals surface area contributed by atoms with Crippen LogP contribution >= 0.6 is 0 Å². The monoisotopic (exact) mass is 725 g/mol. The smallest absolute Gasteiger partial charge is 0.246 e. The lowest BCUT2D eigenvalue weighted by molar-refractivity contribution is -0.162. The molecule has 4 aliphatic rings. The van der Waals surface area contributed by atoms with Crippen LogP contribution in [0, 0.1) is 19.8 Å². The molecule has 2 aromatic rings. The first-order valence-electron chi connectivity index (χ1n) is 19.4. The minimum atomic E-state index is -3.62. The number of nitrogens with one attached hydrogen (secondary N) is 2. The van der Waals surface area contributed by atoms with Crippen LogP contribution in [-0.4, -0.2) is 115 Å². The summed E-state index contributed by atoms with van der Waals surface area (Å²) in [7, 11) is -3.62. The van der Waals surface area contributed by atoms with Gasteiger partial charge in [0.25, 0.3) is 0 Å². The number of likely N-dealkylation sites (tertiary alicyclic amines) is 1. The first-order valence-corrected chi connectivity index (χ1v) is 20.9. The van der Waals surface area contributed by atoms with Crippen LogP contribution in [0.5, 0.6) is 0 Å². The van der Waals surface area contributed by atoms with Crippen LogP contribution in [0.1, 0.15) is 94.5 Å². The molecule has 2 amide bonds. The second-order valence-electron chi connectivity index (χ2n) is 15.2. The minimum Gasteiger partial charge on any atom is -0.379 e. The van der Waals surface area contributed by atoms with E-state index in [0.717, 1.165) is 94.0 Å². The average molecular weight is 726 g/mol. The van der Waals surface area contributed by atoms with E-state index in [2.05, 4.69) is 26.8 Å². The highest BCUT2D eigenvalue weighted by Gasteiger charge is 2.53. The number of carbonyl (C=O) groups excluding carboxylic acids is 2. The highest BCUT2D eigenvalue weighted by molar-refractivity contribution is 7.89. The van der Waals surface area contributed by atoms with Crippen molar-refractivity contribution in [3.8, 4) is 5.69 Å². The van der Waals surface area contributed by atoms with E-state index in [1.54, 1.807) is 24.3 Å². The molecule has 1 aliphatic carbocycles. The van der Waals surface area contributed by atoms with Crippen molar-refractivity contribution in [2.24, 2.45) is 5.92 Å². The third-order valence-electron chi connectivity index (χ3n) is 11.8. The number of rotatable bonds is 14. The number of hydrogen-bond acceptors (Lipinski definition) is 8. The fraction of sp³-hybridized carbons (Fsp3) is 0.711. The first kappa shape index (κ1) is 37.9. The van der Waals surface area contributed by atoms with Gasteiger partial charge in [0, 0.05) is 57.1 Å². The maximum Gasteiger partial charge on any atom is 0.246 e. The van der Waals surface area contributed by atoms with Crippen molar-refractivity contribution in [1.29, 1.82) is 0 Å². The Bertz CT molecular complexity index is 1590. The number of piperazine rings is 1. The van der Waals surface area contributed by atoms with Gasteiger partial charge in [0.2, 0.25) is 21.8 Å². The van der Waals surface area contributed by atoms with Crippen LogP contribution in [-0.2, 0) is 30.9 Å². The minimum absolute atomic E-state index is 0.0347. The molecule has 1 atom stereocenters. The Kier molecular flexibility index (Phi) is 12.5. The molecule has 0 radical (unpaired) electrons. The third-order valence-corrected chi connectivity index (χ3v) is 13.3. The average Bonchev–Trinajstić information content (AvgIpc) is 3.42. The zero-order valence-corrected chi connectivity index (χ0v) is 31.8. The van der Waals surface area contributed by atoms with Crippen molar-refractivity contribution < 1.29 is 22.7 Å². The number of sulfonamides is 1. The SMILES string of the molecule is CCCCN1C(=O)C(CC2CCCCC2)NC(=O)C12CCN(Cc1c(C)nn(-c3ccc(S(=O)(=O)NCCCN4CCOCC4)cc3)c1C)CC2.